The number of anilines is 3. The summed E-state index contributed by atoms with van der Waals surface area (Å²) in [5.74, 6) is 0. The summed E-state index contributed by atoms with van der Waals surface area (Å²) >= 11 is 0. The fraction of sp³-hybridized carbons (Fsp3) is 0.0250. The first kappa shape index (κ1) is 43.6. The monoisotopic (exact) mass is 1020 g/mol. The highest BCUT2D eigenvalue weighted by Crippen LogP contribution is 2.68. The number of rotatable bonds is 3. The molecule has 0 aliphatic heterocycles. The molecule has 81 heavy (non-hydrogen) atoms. The van der Waals surface area contributed by atoms with Gasteiger partial charge in [-0.2, -0.15) is 0 Å². The van der Waals surface area contributed by atoms with Gasteiger partial charge in [-0.3, -0.25) is 0 Å². The lowest BCUT2D eigenvalue weighted by Crippen LogP contribution is -2.26. The summed E-state index contributed by atoms with van der Waals surface area (Å²) in [6, 6.07) is 109. The number of benzene rings is 15. The lowest BCUT2D eigenvalue weighted by Gasteiger charge is -2.32. The van der Waals surface area contributed by atoms with Crippen molar-refractivity contribution in [3.05, 3.63) is 330 Å². The molecule has 2 spiro atoms. The molecule has 4 aliphatic rings. The summed E-state index contributed by atoms with van der Waals surface area (Å²) in [6.07, 6.45) is 0. The average Bonchev–Trinajstić information content (AvgIpc) is 2.87. The van der Waals surface area contributed by atoms with E-state index in [1.807, 2.05) is 0 Å². The molecule has 0 saturated carbocycles. The first-order valence-electron chi connectivity index (χ1n) is 28.5. The van der Waals surface area contributed by atoms with Crippen molar-refractivity contribution in [1.82, 2.24) is 0 Å². The van der Waals surface area contributed by atoms with Crippen LogP contribution in [-0.2, 0) is 10.8 Å². The van der Waals surface area contributed by atoms with Crippen LogP contribution in [0.4, 0.5) is 17.1 Å². The quantitative estimate of drug-likeness (QED) is 0.159. The van der Waals surface area contributed by atoms with Gasteiger partial charge in [-0.05, 0) is 214 Å². The standard InChI is InChI=1S/C80H47N/c1-2-20-52(21-3-1)81(53-40-38-48-44-67-73(46-50(48)42-53)79(69-34-16-12-26-59(69)60-27-13-17-35-70(60)79)77-65-32-10-6-24-57(65)55-22-4-8-30-63(55)75(67)77)54-41-39-49-45-68-74(47-51(49)43-54)80(71-36-18-14-28-61(71)62-29-15-19-37-72(62)80)78-66-33-11-7-25-58(66)56-23-5-9-31-64(56)76(68)78/h1-47H. The Kier molecular flexibility index (Phi) is 8.45. The molecule has 372 valence electrons. The van der Waals surface area contributed by atoms with Crippen molar-refractivity contribution in [2.75, 3.05) is 4.90 Å². The molecule has 0 saturated heterocycles. The minimum absolute atomic E-state index is 0.528. The SMILES string of the molecule is c1ccc(N(c2ccc3cc4c(cc3c2)C2(c3ccccc3-c3ccccc32)c2c-4c3ccccc3c3ccccc23)c2ccc3cc4c(cc3c2)C2(c3ccccc3-c3ccccc32)c2c-4c3ccccc3c3ccccc23)cc1. The summed E-state index contributed by atoms with van der Waals surface area (Å²) < 4.78 is 0. The molecule has 1 nitrogen and oxygen atoms in total. The highest BCUT2D eigenvalue weighted by Gasteiger charge is 2.55. The highest BCUT2D eigenvalue weighted by molar-refractivity contribution is 6.22. The molecule has 1 heteroatoms. The molecule has 19 rings (SSSR count). The predicted octanol–water partition coefficient (Wildman–Crippen LogP) is 20.8. The maximum atomic E-state index is 2.56. The highest BCUT2D eigenvalue weighted by atomic mass is 15.1. The van der Waals surface area contributed by atoms with Crippen LogP contribution in [0.1, 0.15) is 44.5 Å². The lowest BCUT2D eigenvalue weighted by atomic mass is 9.69. The van der Waals surface area contributed by atoms with E-state index in [0.717, 1.165) is 17.1 Å². The zero-order chi connectivity index (χ0) is 52.7. The van der Waals surface area contributed by atoms with Crippen LogP contribution in [0.25, 0.3) is 109 Å². The summed E-state index contributed by atoms with van der Waals surface area (Å²) in [6.45, 7) is 0. The molecule has 0 radical (unpaired) electrons. The fourth-order valence-corrected chi connectivity index (χ4v) is 16.4. The van der Waals surface area contributed by atoms with Gasteiger partial charge in [0.2, 0.25) is 0 Å². The van der Waals surface area contributed by atoms with Crippen molar-refractivity contribution in [2.45, 2.75) is 10.8 Å². The zero-order valence-electron chi connectivity index (χ0n) is 44.1. The first-order chi connectivity index (χ1) is 40.2. The van der Waals surface area contributed by atoms with Crippen LogP contribution in [0, 0.1) is 0 Å². The van der Waals surface area contributed by atoms with Gasteiger partial charge in [0, 0.05) is 17.1 Å². The number of hydrogen-bond acceptors (Lipinski definition) is 1. The Balaban J connectivity index is 0.854. The Morgan fingerprint density at radius 3 is 0.914 bits per heavy atom. The van der Waals surface area contributed by atoms with E-state index < -0.39 is 10.8 Å². The number of para-hydroxylation sites is 1. The minimum atomic E-state index is -0.528. The Hall–Kier alpha value is -10.3. The zero-order valence-corrected chi connectivity index (χ0v) is 44.1. The summed E-state index contributed by atoms with van der Waals surface area (Å²) in [5, 5.41) is 15.3. The van der Waals surface area contributed by atoms with Gasteiger partial charge in [0.1, 0.15) is 0 Å². The van der Waals surface area contributed by atoms with E-state index in [1.54, 1.807) is 0 Å². The van der Waals surface area contributed by atoms with Crippen molar-refractivity contribution in [3.63, 3.8) is 0 Å². The van der Waals surface area contributed by atoms with Crippen LogP contribution in [0.2, 0.25) is 0 Å². The van der Waals surface area contributed by atoms with E-state index in [2.05, 4.69) is 290 Å². The van der Waals surface area contributed by atoms with E-state index in [4.69, 9.17) is 0 Å². The Morgan fingerprint density at radius 1 is 0.198 bits per heavy atom. The molecule has 0 amide bonds. The normalized spacial score (nSPS) is 14.1. The van der Waals surface area contributed by atoms with Gasteiger partial charge in [0.15, 0.2) is 0 Å². The summed E-state index contributed by atoms with van der Waals surface area (Å²) in [4.78, 5) is 2.47. The molecular weight excluding hydrogens is 975 g/mol. The van der Waals surface area contributed by atoms with Gasteiger partial charge in [-0.25, -0.2) is 0 Å². The Bertz CT molecular complexity index is 4910. The van der Waals surface area contributed by atoms with Gasteiger partial charge in [-0.15, -0.1) is 0 Å². The lowest BCUT2D eigenvalue weighted by molar-refractivity contribution is 0.803. The van der Waals surface area contributed by atoms with E-state index in [1.165, 1.54) is 154 Å². The number of fused-ring (bicyclic) bond motifs is 32. The third kappa shape index (κ3) is 5.37. The summed E-state index contributed by atoms with van der Waals surface area (Å²) in [7, 11) is 0. The molecule has 15 aromatic rings. The molecular formula is C80H47N. The second kappa shape index (κ2) is 15.7. The second-order valence-electron chi connectivity index (χ2n) is 22.9. The number of hydrogen-bond donors (Lipinski definition) is 0. The third-order valence-electron chi connectivity index (χ3n) is 19.3. The largest absolute Gasteiger partial charge is 0.310 e. The second-order valence-corrected chi connectivity index (χ2v) is 22.9. The molecule has 15 aromatic carbocycles. The van der Waals surface area contributed by atoms with Crippen LogP contribution in [0.5, 0.6) is 0 Å². The Morgan fingerprint density at radius 2 is 0.519 bits per heavy atom. The van der Waals surface area contributed by atoms with Crippen molar-refractivity contribution in [3.8, 4) is 44.5 Å². The van der Waals surface area contributed by atoms with Crippen LogP contribution in [0.3, 0.4) is 0 Å². The van der Waals surface area contributed by atoms with E-state index in [0.29, 0.717) is 0 Å². The Labute approximate surface area is 468 Å². The fourth-order valence-electron chi connectivity index (χ4n) is 16.4. The van der Waals surface area contributed by atoms with Crippen molar-refractivity contribution >= 4 is 81.7 Å². The van der Waals surface area contributed by atoms with Crippen molar-refractivity contribution in [1.29, 1.82) is 0 Å². The van der Waals surface area contributed by atoms with Crippen LogP contribution in [0.15, 0.2) is 285 Å². The van der Waals surface area contributed by atoms with Gasteiger partial charge in [0.05, 0.1) is 10.8 Å². The first-order valence-corrected chi connectivity index (χ1v) is 28.5. The van der Waals surface area contributed by atoms with Crippen molar-refractivity contribution < 1.29 is 0 Å². The van der Waals surface area contributed by atoms with Gasteiger partial charge < -0.3 is 4.90 Å². The maximum Gasteiger partial charge on any atom is 0.0731 e. The van der Waals surface area contributed by atoms with E-state index in [9.17, 15) is 0 Å². The smallest absolute Gasteiger partial charge is 0.0731 e. The topological polar surface area (TPSA) is 3.24 Å². The third-order valence-corrected chi connectivity index (χ3v) is 19.3. The molecule has 0 heterocycles. The van der Waals surface area contributed by atoms with Gasteiger partial charge >= 0.3 is 0 Å². The van der Waals surface area contributed by atoms with E-state index in [-0.39, 0.29) is 0 Å². The van der Waals surface area contributed by atoms with Gasteiger partial charge in [0.25, 0.3) is 0 Å². The van der Waals surface area contributed by atoms with Crippen molar-refractivity contribution in [2.24, 2.45) is 0 Å². The molecule has 0 atom stereocenters. The molecule has 0 bridgehead atoms. The molecule has 0 fully saturated rings. The van der Waals surface area contributed by atoms with E-state index >= 15 is 0 Å². The van der Waals surface area contributed by atoms with Gasteiger partial charge in [-0.1, -0.05) is 224 Å². The molecule has 4 aliphatic carbocycles. The maximum absolute atomic E-state index is 2.56. The minimum Gasteiger partial charge on any atom is -0.310 e. The molecule has 0 unspecified atom stereocenters. The van der Waals surface area contributed by atoms with Crippen LogP contribution >= 0.6 is 0 Å². The van der Waals surface area contributed by atoms with Crippen LogP contribution < -0.4 is 4.90 Å². The number of nitrogens with zero attached hydrogens (tertiary/aromatic N) is 1. The molecule has 0 N–H and O–H groups in total. The predicted molar refractivity (Wildman–Crippen MR) is 339 cm³/mol. The summed E-state index contributed by atoms with van der Waals surface area (Å²) in [5.41, 5.74) is 23.7. The van der Waals surface area contributed by atoms with Crippen LogP contribution in [-0.4, -0.2) is 0 Å². The average molecular weight is 1020 g/mol. The molecule has 0 aromatic heterocycles.